The fraction of sp³-hybridized carbons (Fsp3) is 0.400. The largest absolute Gasteiger partial charge is 0.478 e. The highest BCUT2D eigenvalue weighted by Crippen LogP contribution is 2.28. The molecule has 0 amide bonds. The van der Waals surface area contributed by atoms with Crippen LogP contribution in [-0.2, 0) is 28.7 Å². The number of hydrogen-bond acceptors (Lipinski definition) is 3. The van der Waals surface area contributed by atoms with Gasteiger partial charge >= 0.3 is 6.18 Å². The fourth-order valence-corrected chi connectivity index (χ4v) is 4.62. The molecule has 0 spiro atoms. The van der Waals surface area contributed by atoms with Gasteiger partial charge in [-0.05, 0) is 66.3 Å². The summed E-state index contributed by atoms with van der Waals surface area (Å²) in [6, 6.07) is 10.7. The van der Waals surface area contributed by atoms with Crippen LogP contribution in [0.5, 0.6) is 5.75 Å². The van der Waals surface area contributed by atoms with E-state index in [0.717, 1.165) is 35.9 Å². The van der Waals surface area contributed by atoms with Crippen LogP contribution in [-0.4, -0.2) is 32.3 Å². The lowest BCUT2D eigenvalue weighted by molar-refractivity contribution is -0.203. The molecule has 1 saturated heterocycles. The summed E-state index contributed by atoms with van der Waals surface area (Å²) in [6.07, 6.45) is 0.467. The van der Waals surface area contributed by atoms with Gasteiger partial charge in [-0.3, -0.25) is 0 Å². The van der Waals surface area contributed by atoms with Crippen LogP contribution in [0.3, 0.4) is 0 Å². The first-order valence-corrected chi connectivity index (χ1v) is 12.8. The lowest BCUT2D eigenvalue weighted by Gasteiger charge is -2.29. The molecule has 39 heavy (non-hydrogen) atoms. The molecule has 3 nitrogen and oxygen atoms in total. The molecule has 3 aromatic carbocycles. The van der Waals surface area contributed by atoms with Gasteiger partial charge in [-0.1, -0.05) is 36.4 Å². The van der Waals surface area contributed by atoms with E-state index >= 15 is 4.39 Å². The number of benzene rings is 3. The quantitative estimate of drug-likeness (QED) is 0.179. The van der Waals surface area contributed by atoms with Crippen molar-refractivity contribution in [3.05, 3.63) is 89.3 Å². The van der Waals surface area contributed by atoms with Crippen molar-refractivity contribution in [2.75, 3.05) is 19.8 Å². The number of ether oxygens (including phenoxy) is 3. The van der Waals surface area contributed by atoms with E-state index in [9.17, 15) is 22.0 Å². The Kier molecular flexibility index (Phi) is 9.56. The topological polar surface area (TPSA) is 27.7 Å². The van der Waals surface area contributed by atoms with Gasteiger partial charge in [0.1, 0.15) is 5.82 Å². The summed E-state index contributed by atoms with van der Waals surface area (Å²) in [5, 5.41) is 1.16. The van der Waals surface area contributed by atoms with E-state index in [1.165, 1.54) is 0 Å². The minimum Gasteiger partial charge on any atom is -0.478 e. The predicted molar refractivity (Wildman–Crippen MR) is 136 cm³/mol. The Balaban J connectivity index is 1.34. The van der Waals surface area contributed by atoms with Crippen molar-refractivity contribution in [3.63, 3.8) is 0 Å². The van der Waals surface area contributed by atoms with Crippen LogP contribution in [0.15, 0.2) is 55.1 Å². The zero-order chi connectivity index (χ0) is 28.0. The first kappa shape index (κ1) is 29.0. The van der Waals surface area contributed by atoms with Crippen LogP contribution in [0.1, 0.15) is 36.0 Å². The summed E-state index contributed by atoms with van der Waals surface area (Å²) in [5.41, 5.74) is 1.57. The second kappa shape index (κ2) is 12.9. The Morgan fingerprint density at radius 3 is 2.26 bits per heavy atom. The smallest absolute Gasteiger partial charge is 0.422 e. The fourth-order valence-electron chi connectivity index (χ4n) is 4.62. The lowest BCUT2D eigenvalue weighted by Crippen LogP contribution is -2.32. The van der Waals surface area contributed by atoms with Crippen LogP contribution in [0.4, 0.5) is 26.3 Å². The lowest BCUT2D eigenvalue weighted by atomic mass is 9.98. The van der Waals surface area contributed by atoms with Crippen molar-refractivity contribution in [1.29, 1.82) is 0 Å². The zero-order valence-electron chi connectivity index (χ0n) is 21.3. The molecule has 9 heteroatoms. The summed E-state index contributed by atoms with van der Waals surface area (Å²) >= 11 is 0. The third-order valence-corrected chi connectivity index (χ3v) is 6.70. The first-order chi connectivity index (χ1) is 18.6. The molecule has 1 aliphatic rings. The summed E-state index contributed by atoms with van der Waals surface area (Å²) < 4.78 is 96.3. The van der Waals surface area contributed by atoms with Gasteiger partial charge in [0.15, 0.2) is 30.3 Å². The number of allylic oxidation sites excluding steroid dienone is 1. The van der Waals surface area contributed by atoms with Crippen molar-refractivity contribution in [3.8, 4) is 5.75 Å². The van der Waals surface area contributed by atoms with Crippen molar-refractivity contribution in [2.45, 2.75) is 51.0 Å². The molecule has 0 atom stereocenters. The molecule has 0 aliphatic carbocycles. The average molecular weight is 553 g/mol. The molecule has 0 aromatic heterocycles. The van der Waals surface area contributed by atoms with E-state index in [1.807, 2.05) is 18.2 Å². The van der Waals surface area contributed by atoms with Crippen LogP contribution in [0.25, 0.3) is 10.8 Å². The summed E-state index contributed by atoms with van der Waals surface area (Å²) in [4.78, 5) is 0. The zero-order valence-corrected chi connectivity index (χ0v) is 21.3. The summed E-state index contributed by atoms with van der Waals surface area (Å²) in [6.45, 7) is 3.27. The Morgan fingerprint density at radius 1 is 0.872 bits per heavy atom. The molecule has 1 heterocycles. The summed E-state index contributed by atoms with van der Waals surface area (Å²) in [5.74, 6) is -3.60. The molecule has 0 saturated carbocycles. The highest BCUT2D eigenvalue weighted by Gasteiger charge is 2.30. The third kappa shape index (κ3) is 7.99. The number of alkyl halides is 3. The molecule has 210 valence electrons. The molecular weight excluding hydrogens is 522 g/mol. The SMILES string of the molecule is C=CCCC1COC(CCc2ccc3c(F)c(CCc4cc(F)c(OCC(F)(F)F)c(F)c4)ccc3c2)OC1. The number of rotatable bonds is 11. The summed E-state index contributed by atoms with van der Waals surface area (Å²) in [7, 11) is 0. The van der Waals surface area contributed by atoms with Gasteiger partial charge in [-0.25, -0.2) is 13.2 Å². The third-order valence-electron chi connectivity index (χ3n) is 6.70. The van der Waals surface area contributed by atoms with Crippen LogP contribution in [0, 0.1) is 23.4 Å². The molecule has 0 radical (unpaired) electrons. The van der Waals surface area contributed by atoms with Crippen molar-refractivity contribution >= 4 is 10.8 Å². The van der Waals surface area contributed by atoms with Gasteiger partial charge in [-0.15, -0.1) is 6.58 Å². The molecule has 0 N–H and O–H groups in total. The Hall–Kier alpha value is -3.04. The van der Waals surface area contributed by atoms with E-state index in [0.29, 0.717) is 42.9 Å². The van der Waals surface area contributed by atoms with Gasteiger partial charge < -0.3 is 14.2 Å². The maximum atomic E-state index is 15.2. The molecule has 3 aromatic rings. The molecular formula is C30H30F6O3. The predicted octanol–water partition coefficient (Wildman–Crippen LogP) is 7.87. The minimum atomic E-state index is -4.72. The second-order valence-corrected chi connectivity index (χ2v) is 9.75. The number of halogens is 6. The normalized spacial score (nSPS) is 17.9. The van der Waals surface area contributed by atoms with Gasteiger partial charge in [0, 0.05) is 17.7 Å². The maximum absolute atomic E-state index is 15.2. The number of aryl methyl sites for hydroxylation is 3. The number of hydrogen-bond donors (Lipinski definition) is 0. The van der Waals surface area contributed by atoms with Gasteiger partial charge in [0.05, 0.1) is 13.2 Å². The molecule has 4 rings (SSSR count). The molecule has 1 aliphatic heterocycles. The molecule has 0 bridgehead atoms. The standard InChI is InChI=1S/C30H30F6O3/c1-2-3-4-21-16-37-27(38-17-21)12-7-19-6-11-24-23(13-19)10-9-22(28(24)33)8-5-20-14-25(31)29(26(32)15-20)39-18-30(34,35)36/h2,6,9-11,13-15,21,27H,1,3-5,7-8,12,16-18H2. The van der Waals surface area contributed by atoms with Crippen molar-refractivity contribution in [1.82, 2.24) is 0 Å². The molecule has 0 unspecified atom stereocenters. The van der Waals surface area contributed by atoms with E-state index in [-0.39, 0.29) is 24.7 Å². The first-order valence-electron chi connectivity index (χ1n) is 12.8. The van der Waals surface area contributed by atoms with Crippen LogP contribution >= 0.6 is 0 Å². The number of fused-ring (bicyclic) bond motifs is 1. The highest BCUT2D eigenvalue weighted by molar-refractivity contribution is 5.84. The van der Waals surface area contributed by atoms with Crippen molar-refractivity contribution < 1.29 is 40.6 Å². The molecule has 1 fully saturated rings. The van der Waals surface area contributed by atoms with Gasteiger partial charge in [0.25, 0.3) is 0 Å². The second-order valence-electron chi connectivity index (χ2n) is 9.75. The highest BCUT2D eigenvalue weighted by atomic mass is 19.4. The van der Waals surface area contributed by atoms with E-state index < -0.39 is 36.0 Å². The van der Waals surface area contributed by atoms with Crippen LogP contribution < -0.4 is 4.74 Å². The van der Waals surface area contributed by atoms with Crippen molar-refractivity contribution in [2.24, 2.45) is 5.92 Å². The monoisotopic (exact) mass is 552 g/mol. The average Bonchev–Trinajstić information content (AvgIpc) is 2.90. The van der Waals surface area contributed by atoms with E-state index in [2.05, 4.69) is 11.3 Å². The maximum Gasteiger partial charge on any atom is 0.422 e. The Morgan fingerprint density at radius 2 is 1.59 bits per heavy atom. The van der Waals surface area contributed by atoms with Gasteiger partial charge in [-0.2, -0.15) is 13.2 Å². The Labute approximate surface area is 223 Å². The van der Waals surface area contributed by atoms with Crippen LogP contribution in [0.2, 0.25) is 0 Å². The van der Waals surface area contributed by atoms with Gasteiger partial charge in [0.2, 0.25) is 0 Å². The minimum absolute atomic E-state index is 0.0870. The Bertz CT molecular complexity index is 1260. The van der Waals surface area contributed by atoms with E-state index in [1.54, 1.807) is 18.2 Å². The van der Waals surface area contributed by atoms with E-state index in [4.69, 9.17) is 9.47 Å².